The van der Waals surface area contributed by atoms with E-state index in [2.05, 4.69) is 55.4 Å². The van der Waals surface area contributed by atoms with E-state index in [1.807, 2.05) is 13.1 Å². The third-order valence-electron chi connectivity index (χ3n) is 7.23. The summed E-state index contributed by atoms with van der Waals surface area (Å²) in [6.45, 7) is 7.43. The average molecular weight is 503 g/mol. The number of methoxy groups -OCH3 is 5. The molecule has 0 saturated carbocycles. The molecule has 36 heavy (non-hydrogen) atoms. The topological polar surface area (TPSA) is 61.4 Å². The third kappa shape index (κ3) is 6.98. The van der Waals surface area contributed by atoms with Gasteiger partial charge in [-0.3, -0.25) is 0 Å². The highest BCUT2D eigenvalue weighted by Crippen LogP contribution is 2.45. The Kier molecular flexibility index (Phi) is 11.7. The quantitative estimate of drug-likeness (QED) is 0.354. The van der Waals surface area contributed by atoms with Crippen LogP contribution in [0.3, 0.4) is 0 Å². The molecule has 7 nitrogen and oxygen atoms in total. The van der Waals surface area contributed by atoms with Gasteiger partial charge in [0.05, 0.1) is 35.5 Å². The minimum atomic E-state index is -0.0776. The lowest BCUT2D eigenvalue weighted by atomic mass is 9.68. The molecule has 0 bridgehead atoms. The Morgan fingerprint density at radius 2 is 1.42 bits per heavy atom. The third-order valence-corrected chi connectivity index (χ3v) is 7.23. The van der Waals surface area contributed by atoms with E-state index < -0.39 is 0 Å². The Labute approximate surface area is 218 Å². The molecule has 0 aliphatic carbocycles. The van der Waals surface area contributed by atoms with E-state index in [1.165, 1.54) is 11.1 Å². The van der Waals surface area contributed by atoms with Gasteiger partial charge < -0.3 is 33.9 Å². The van der Waals surface area contributed by atoms with Gasteiger partial charge in [-0.2, -0.15) is 0 Å². The highest BCUT2D eigenvalue weighted by molar-refractivity contribution is 5.55. The van der Waals surface area contributed by atoms with Crippen LogP contribution >= 0.6 is 0 Å². The summed E-state index contributed by atoms with van der Waals surface area (Å²) < 4.78 is 27.7. The number of benzene rings is 2. The molecule has 0 aliphatic heterocycles. The molecule has 2 aromatic carbocycles. The summed E-state index contributed by atoms with van der Waals surface area (Å²) in [5.74, 6) is 3.96. The fourth-order valence-electron chi connectivity index (χ4n) is 4.98. The molecule has 7 heteroatoms. The monoisotopic (exact) mass is 502 g/mol. The molecule has 0 heterocycles. The molecule has 0 radical (unpaired) electrons. The second kappa shape index (κ2) is 14.2. The minimum Gasteiger partial charge on any atom is -0.493 e. The summed E-state index contributed by atoms with van der Waals surface area (Å²) >= 11 is 0. The number of ether oxygens (including phenoxy) is 5. The molecule has 2 rings (SSSR count). The van der Waals surface area contributed by atoms with Crippen molar-refractivity contribution in [3.63, 3.8) is 0 Å². The second-order valence-electron chi connectivity index (χ2n) is 9.60. The molecule has 1 unspecified atom stereocenters. The lowest BCUT2D eigenvalue weighted by Crippen LogP contribution is -2.42. The largest absolute Gasteiger partial charge is 0.493 e. The Hall–Kier alpha value is -2.64. The zero-order chi connectivity index (χ0) is 26.7. The van der Waals surface area contributed by atoms with E-state index in [0.717, 1.165) is 50.4 Å². The molecule has 0 saturated heterocycles. The van der Waals surface area contributed by atoms with Gasteiger partial charge in [-0.25, -0.2) is 0 Å². The normalized spacial score (nSPS) is 13.0. The van der Waals surface area contributed by atoms with Crippen LogP contribution in [0, 0.1) is 5.92 Å². The SMILES string of the molecule is CNCC(CCCN(C)CCc1ccc(OC)c(OC)c1)(c1cc(OC)c(OC)c(OC)c1)C(C)C. The highest BCUT2D eigenvalue weighted by atomic mass is 16.5. The van der Waals surface area contributed by atoms with Crippen molar-refractivity contribution in [2.45, 2.75) is 38.5 Å². The van der Waals surface area contributed by atoms with Crippen molar-refractivity contribution in [3.05, 3.63) is 41.5 Å². The zero-order valence-electron chi connectivity index (χ0n) is 23.7. The van der Waals surface area contributed by atoms with Gasteiger partial charge in [-0.15, -0.1) is 0 Å². The molecule has 0 fully saturated rings. The van der Waals surface area contributed by atoms with Crippen LogP contribution in [0.25, 0.3) is 0 Å². The second-order valence-corrected chi connectivity index (χ2v) is 9.60. The Bertz CT molecular complexity index is 924. The summed E-state index contributed by atoms with van der Waals surface area (Å²) in [6.07, 6.45) is 3.05. The minimum absolute atomic E-state index is 0.0776. The summed E-state index contributed by atoms with van der Waals surface area (Å²) in [5.41, 5.74) is 2.36. The lowest BCUT2D eigenvalue weighted by molar-refractivity contribution is 0.243. The van der Waals surface area contributed by atoms with Crippen LogP contribution in [0.2, 0.25) is 0 Å². The number of likely N-dealkylation sites (N-methyl/N-ethyl adjacent to an activating group) is 2. The van der Waals surface area contributed by atoms with Crippen molar-refractivity contribution in [2.75, 3.05) is 69.3 Å². The maximum absolute atomic E-state index is 5.67. The molecule has 0 aliphatic rings. The van der Waals surface area contributed by atoms with Gasteiger partial charge in [-0.05, 0) is 81.2 Å². The van der Waals surface area contributed by atoms with Crippen molar-refractivity contribution in [2.24, 2.45) is 5.92 Å². The summed E-state index contributed by atoms with van der Waals surface area (Å²) in [7, 11) is 12.5. The number of nitrogens with one attached hydrogen (secondary N) is 1. The first-order valence-electron chi connectivity index (χ1n) is 12.6. The van der Waals surface area contributed by atoms with Crippen molar-refractivity contribution in [3.8, 4) is 28.7 Å². The van der Waals surface area contributed by atoms with Crippen molar-refractivity contribution >= 4 is 0 Å². The first kappa shape index (κ1) is 29.6. The Morgan fingerprint density at radius 1 is 0.806 bits per heavy atom. The van der Waals surface area contributed by atoms with Gasteiger partial charge in [0.2, 0.25) is 5.75 Å². The van der Waals surface area contributed by atoms with E-state index in [4.69, 9.17) is 23.7 Å². The van der Waals surface area contributed by atoms with Crippen LogP contribution in [0.15, 0.2) is 30.3 Å². The molecule has 0 aromatic heterocycles. The van der Waals surface area contributed by atoms with E-state index in [1.54, 1.807) is 35.5 Å². The van der Waals surface area contributed by atoms with Crippen molar-refractivity contribution in [1.82, 2.24) is 10.2 Å². The first-order valence-corrected chi connectivity index (χ1v) is 12.6. The fourth-order valence-corrected chi connectivity index (χ4v) is 4.98. The fraction of sp³-hybridized carbons (Fsp3) is 0.586. The lowest BCUT2D eigenvalue weighted by Gasteiger charge is -2.39. The predicted octanol–water partition coefficient (Wildman–Crippen LogP) is 4.80. The van der Waals surface area contributed by atoms with Crippen molar-refractivity contribution < 1.29 is 23.7 Å². The van der Waals surface area contributed by atoms with Gasteiger partial charge in [0, 0.05) is 18.5 Å². The van der Waals surface area contributed by atoms with E-state index in [0.29, 0.717) is 23.2 Å². The number of hydrogen-bond acceptors (Lipinski definition) is 7. The number of rotatable bonds is 16. The van der Waals surface area contributed by atoms with Gasteiger partial charge in [0.1, 0.15) is 0 Å². The maximum atomic E-state index is 5.67. The molecular weight excluding hydrogens is 456 g/mol. The molecule has 1 N–H and O–H groups in total. The number of nitrogens with zero attached hydrogens (tertiary/aromatic N) is 1. The van der Waals surface area contributed by atoms with Gasteiger partial charge >= 0.3 is 0 Å². The van der Waals surface area contributed by atoms with Crippen LogP contribution < -0.4 is 29.0 Å². The standard InChI is InChI=1S/C29H46N2O5/c1-21(2)29(20-30-3,23-18-26(34-7)28(36-9)27(19-23)35-8)14-10-15-31(4)16-13-22-11-12-24(32-5)25(17-22)33-6/h11-12,17-19,21,30H,10,13-16,20H2,1-9H3. The average Bonchev–Trinajstić information content (AvgIpc) is 2.89. The van der Waals surface area contributed by atoms with Crippen LogP contribution in [-0.4, -0.2) is 74.2 Å². The molecule has 0 amide bonds. The Balaban J connectivity index is 2.14. The molecule has 2 aromatic rings. The zero-order valence-corrected chi connectivity index (χ0v) is 23.7. The van der Waals surface area contributed by atoms with Crippen LogP contribution in [-0.2, 0) is 11.8 Å². The van der Waals surface area contributed by atoms with Gasteiger partial charge in [0.25, 0.3) is 0 Å². The number of hydrogen-bond donors (Lipinski definition) is 1. The van der Waals surface area contributed by atoms with Crippen LogP contribution in [0.4, 0.5) is 0 Å². The molecule has 1 atom stereocenters. The van der Waals surface area contributed by atoms with E-state index in [9.17, 15) is 0 Å². The van der Waals surface area contributed by atoms with Crippen molar-refractivity contribution in [1.29, 1.82) is 0 Å². The van der Waals surface area contributed by atoms with E-state index in [-0.39, 0.29) is 5.41 Å². The summed E-state index contributed by atoms with van der Waals surface area (Å²) in [6, 6.07) is 10.4. The molecule has 202 valence electrons. The summed E-state index contributed by atoms with van der Waals surface area (Å²) in [5, 5.41) is 3.45. The van der Waals surface area contributed by atoms with Gasteiger partial charge in [0.15, 0.2) is 23.0 Å². The first-order chi connectivity index (χ1) is 17.3. The summed E-state index contributed by atoms with van der Waals surface area (Å²) in [4.78, 5) is 2.40. The smallest absolute Gasteiger partial charge is 0.203 e. The van der Waals surface area contributed by atoms with Crippen LogP contribution in [0.5, 0.6) is 28.7 Å². The van der Waals surface area contributed by atoms with E-state index >= 15 is 0 Å². The Morgan fingerprint density at radius 3 is 1.92 bits per heavy atom. The van der Waals surface area contributed by atoms with Crippen LogP contribution in [0.1, 0.15) is 37.8 Å². The van der Waals surface area contributed by atoms with Gasteiger partial charge in [-0.1, -0.05) is 19.9 Å². The molecular formula is C29H46N2O5. The maximum Gasteiger partial charge on any atom is 0.203 e. The highest BCUT2D eigenvalue weighted by Gasteiger charge is 2.36. The molecule has 0 spiro atoms. The predicted molar refractivity (Wildman–Crippen MR) is 147 cm³/mol.